The van der Waals surface area contributed by atoms with Crippen molar-refractivity contribution in [1.29, 1.82) is 0 Å². The SMILES string of the molecule is CCC(CC)N1CCN(c2ccc(-c3cccc(C(F)(F)F)c3)nn2)CC1. The maximum absolute atomic E-state index is 12.9. The highest BCUT2D eigenvalue weighted by atomic mass is 19.4. The summed E-state index contributed by atoms with van der Waals surface area (Å²) in [6.45, 7) is 8.19. The first kappa shape index (κ1) is 19.6. The van der Waals surface area contributed by atoms with E-state index in [9.17, 15) is 13.2 Å². The number of anilines is 1. The summed E-state index contributed by atoms with van der Waals surface area (Å²) in [4.78, 5) is 4.70. The Morgan fingerprint density at radius 2 is 1.67 bits per heavy atom. The van der Waals surface area contributed by atoms with Crippen LogP contribution in [0, 0.1) is 0 Å². The molecule has 2 aromatic rings. The summed E-state index contributed by atoms with van der Waals surface area (Å²) in [6, 6.07) is 9.39. The maximum atomic E-state index is 12.9. The van der Waals surface area contributed by atoms with Crippen molar-refractivity contribution in [2.75, 3.05) is 31.1 Å². The van der Waals surface area contributed by atoms with E-state index in [1.807, 2.05) is 6.07 Å². The van der Waals surface area contributed by atoms with Gasteiger partial charge in [-0.25, -0.2) is 0 Å². The van der Waals surface area contributed by atoms with Crippen LogP contribution in [-0.2, 0) is 6.18 Å². The minimum Gasteiger partial charge on any atom is -0.353 e. The molecular weight excluding hydrogens is 353 g/mol. The fourth-order valence-electron chi connectivity index (χ4n) is 3.62. The molecular formula is C20H25F3N4. The van der Waals surface area contributed by atoms with Crippen molar-refractivity contribution in [2.24, 2.45) is 0 Å². The first-order valence-electron chi connectivity index (χ1n) is 9.42. The van der Waals surface area contributed by atoms with Crippen LogP contribution in [0.25, 0.3) is 11.3 Å². The van der Waals surface area contributed by atoms with Gasteiger partial charge in [0.1, 0.15) is 0 Å². The molecule has 0 aliphatic carbocycles. The van der Waals surface area contributed by atoms with Gasteiger partial charge in [0.25, 0.3) is 0 Å². The molecule has 1 saturated heterocycles. The molecule has 146 valence electrons. The Morgan fingerprint density at radius 1 is 0.963 bits per heavy atom. The topological polar surface area (TPSA) is 32.3 Å². The molecule has 1 aromatic heterocycles. The molecule has 1 fully saturated rings. The molecule has 0 N–H and O–H groups in total. The van der Waals surface area contributed by atoms with Gasteiger partial charge in [0.05, 0.1) is 11.3 Å². The van der Waals surface area contributed by atoms with Crippen LogP contribution in [0.3, 0.4) is 0 Å². The van der Waals surface area contributed by atoms with Crippen molar-refractivity contribution in [1.82, 2.24) is 15.1 Å². The van der Waals surface area contributed by atoms with Gasteiger partial charge in [0.2, 0.25) is 0 Å². The van der Waals surface area contributed by atoms with Crippen LogP contribution in [0.5, 0.6) is 0 Å². The number of aromatic nitrogens is 2. The normalized spacial score (nSPS) is 16.1. The average Bonchev–Trinajstić information content (AvgIpc) is 2.69. The summed E-state index contributed by atoms with van der Waals surface area (Å²) in [7, 11) is 0. The summed E-state index contributed by atoms with van der Waals surface area (Å²) < 4.78 is 38.7. The third-order valence-corrected chi connectivity index (χ3v) is 5.23. The Hall–Kier alpha value is -2.15. The number of halogens is 3. The van der Waals surface area contributed by atoms with E-state index in [4.69, 9.17) is 0 Å². The lowest BCUT2D eigenvalue weighted by molar-refractivity contribution is -0.137. The second kappa shape index (κ2) is 8.25. The van der Waals surface area contributed by atoms with Crippen LogP contribution in [0.4, 0.5) is 19.0 Å². The molecule has 1 aromatic carbocycles. The molecule has 2 heterocycles. The fraction of sp³-hybridized carbons (Fsp3) is 0.500. The minimum atomic E-state index is -4.36. The van der Waals surface area contributed by atoms with Gasteiger partial charge >= 0.3 is 6.18 Å². The van der Waals surface area contributed by atoms with Crippen molar-refractivity contribution in [3.63, 3.8) is 0 Å². The highest BCUT2D eigenvalue weighted by Crippen LogP contribution is 2.31. The van der Waals surface area contributed by atoms with Crippen molar-refractivity contribution in [3.05, 3.63) is 42.0 Å². The molecule has 4 nitrogen and oxygen atoms in total. The summed E-state index contributed by atoms with van der Waals surface area (Å²) in [6.07, 6.45) is -2.05. The molecule has 0 radical (unpaired) electrons. The average molecular weight is 378 g/mol. The number of alkyl halides is 3. The third-order valence-electron chi connectivity index (χ3n) is 5.23. The Morgan fingerprint density at radius 3 is 2.22 bits per heavy atom. The molecule has 0 spiro atoms. The predicted octanol–water partition coefficient (Wildman–Crippen LogP) is 4.47. The van der Waals surface area contributed by atoms with Gasteiger partial charge in [-0.2, -0.15) is 13.2 Å². The van der Waals surface area contributed by atoms with Gasteiger partial charge in [0, 0.05) is 37.8 Å². The summed E-state index contributed by atoms with van der Waals surface area (Å²) >= 11 is 0. The van der Waals surface area contributed by atoms with Crippen LogP contribution >= 0.6 is 0 Å². The van der Waals surface area contributed by atoms with Gasteiger partial charge in [-0.05, 0) is 37.1 Å². The van der Waals surface area contributed by atoms with E-state index in [0.717, 1.165) is 57.0 Å². The Kier molecular flexibility index (Phi) is 5.99. The largest absolute Gasteiger partial charge is 0.416 e. The number of benzene rings is 1. The molecule has 0 atom stereocenters. The monoisotopic (exact) mass is 378 g/mol. The van der Waals surface area contributed by atoms with Gasteiger partial charge in [-0.15, -0.1) is 10.2 Å². The molecule has 27 heavy (non-hydrogen) atoms. The molecule has 3 rings (SSSR count). The van der Waals surface area contributed by atoms with E-state index in [0.29, 0.717) is 17.3 Å². The van der Waals surface area contributed by atoms with Crippen molar-refractivity contribution >= 4 is 5.82 Å². The second-order valence-electron chi connectivity index (χ2n) is 6.85. The van der Waals surface area contributed by atoms with Crippen LogP contribution in [-0.4, -0.2) is 47.3 Å². The quantitative estimate of drug-likeness (QED) is 0.768. The van der Waals surface area contributed by atoms with E-state index in [1.54, 1.807) is 12.1 Å². The summed E-state index contributed by atoms with van der Waals surface area (Å²) in [5.74, 6) is 0.773. The number of nitrogens with zero attached hydrogens (tertiary/aromatic N) is 4. The zero-order valence-electron chi connectivity index (χ0n) is 15.7. The molecule has 7 heteroatoms. The smallest absolute Gasteiger partial charge is 0.353 e. The van der Waals surface area contributed by atoms with Gasteiger partial charge in [-0.1, -0.05) is 26.0 Å². The van der Waals surface area contributed by atoms with Crippen molar-refractivity contribution < 1.29 is 13.2 Å². The lowest BCUT2D eigenvalue weighted by atomic mass is 10.1. The number of hydrogen-bond acceptors (Lipinski definition) is 4. The van der Waals surface area contributed by atoms with E-state index >= 15 is 0 Å². The molecule has 0 bridgehead atoms. The fourth-order valence-corrected chi connectivity index (χ4v) is 3.62. The second-order valence-corrected chi connectivity index (χ2v) is 6.85. The van der Waals surface area contributed by atoms with E-state index in [1.165, 1.54) is 6.07 Å². The van der Waals surface area contributed by atoms with Crippen LogP contribution in [0.1, 0.15) is 32.3 Å². The van der Waals surface area contributed by atoms with Crippen LogP contribution < -0.4 is 4.90 Å². The Labute approximate surface area is 158 Å². The summed E-state index contributed by atoms with van der Waals surface area (Å²) in [5.41, 5.74) is 0.186. The zero-order valence-corrected chi connectivity index (χ0v) is 15.7. The zero-order chi connectivity index (χ0) is 19.4. The number of hydrogen-bond donors (Lipinski definition) is 0. The first-order valence-corrected chi connectivity index (χ1v) is 9.42. The van der Waals surface area contributed by atoms with Gasteiger partial charge < -0.3 is 4.90 Å². The standard InChI is InChI=1S/C20H25F3N4/c1-3-17(4-2)26-10-12-27(13-11-26)19-9-8-18(24-25-19)15-6-5-7-16(14-15)20(21,22)23/h5-9,14,17H,3-4,10-13H2,1-2H3. The summed E-state index contributed by atoms with van der Waals surface area (Å²) in [5, 5.41) is 8.42. The van der Waals surface area contributed by atoms with Gasteiger partial charge in [-0.3, -0.25) is 4.90 Å². The molecule has 0 unspecified atom stereocenters. The first-order chi connectivity index (χ1) is 12.9. The minimum absolute atomic E-state index is 0.419. The highest BCUT2D eigenvalue weighted by molar-refractivity contribution is 5.61. The molecule has 1 aliphatic heterocycles. The Bertz CT molecular complexity index is 734. The van der Waals surface area contributed by atoms with Gasteiger partial charge in [0.15, 0.2) is 5.82 Å². The van der Waals surface area contributed by atoms with Crippen molar-refractivity contribution in [2.45, 2.75) is 38.9 Å². The molecule has 0 amide bonds. The maximum Gasteiger partial charge on any atom is 0.416 e. The predicted molar refractivity (Wildman–Crippen MR) is 101 cm³/mol. The van der Waals surface area contributed by atoms with E-state index < -0.39 is 11.7 Å². The van der Waals surface area contributed by atoms with E-state index in [-0.39, 0.29) is 0 Å². The Balaban J connectivity index is 1.68. The lowest BCUT2D eigenvalue weighted by Gasteiger charge is -2.39. The molecule has 0 saturated carbocycles. The number of piperazine rings is 1. The van der Waals surface area contributed by atoms with Crippen molar-refractivity contribution in [3.8, 4) is 11.3 Å². The molecule has 1 aliphatic rings. The highest BCUT2D eigenvalue weighted by Gasteiger charge is 2.30. The van der Waals surface area contributed by atoms with Crippen LogP contribution in [0.15, 0.2) is 36.4 Å². The van der Waals surface area contributed by atoms with Crippen LogP contribution in [0.2, 0.25) is 0 Å². The third kappa shape index (κ3) is 4.58. The number of rotatable bonds is 5. The lowest BCUT2D eigenvalue weighted by Crippen LogP contribution is -2.50. The van der Waals surface area contributed by atoms with E-state index in [2.05, 4.69) is 33.8 Å².